The molecule has 5 nitrogen and oxygen atoms in total. The summed E-state index contributed by atoms with van der Waals surface area (Å²) in [4.78, 5) is 2.38. The lowest BCUT2D eigenvalue weighted by Crippen LogP contribution is -2.31. The van der Waals surface area contributed by atoms with Crippen LogP contribution in [0.1, 0.15) is 37.4 Å². The molecule has 0 aliphatic heterocycles. The molecule has 2 aromatic heterocycles. The molecule has 7 heteroatoms. The molecule has 134 valence electrons. The Morgan fingerprint density at radius 3 is 2.38 bits per heavy atom. The summed E-state index contributed by atoms with van der Waals surface area (Å²) in [5.41, 5.74) is 1.31. The van der Waals surface area contributed by atoms with Crippen molar-refractivity contribution in [1.82, 2.24) is 9.21 Å². The zero-order valence-electron chi connectivity index (χ0n) is 14.7. The molecule has 0 aromatic carbocycles. The molecule has 1 atom stereocenters. The van der Waals surface area contributed by atoms with Crippen molar-refractivity contribution >= 4 is 21.4 Å². The van der Waals surface area contributed by atoms with E-state index in [1.807, 2.05) is 12.1 Å². The fraction of sp³-hybridized carbons (Fsp3) is 0.529. The van der Waals surface area contributed by atoms with Gasteiger partial charge in [0.15, 0.2) is 0 Å². The Morgan fingerprint density at radius 1 is 1.17 bits per heavy atom. The first kappa shape index (κ1) is 19.2. The monoisotopic (exact) mass is 370 g/mol. The summed E-state index contributed by atoms with van der Waals surface area (Å²) in [6.07, 6.45) is 2.26. The van der Waals surface area contributed by atoms with Crippen molar-refractivity contribution in [2.75, 3.05) is 13.3 Å². The summed E-state index contributed by atoms with van der Waals surface area (Å²) >= 11 is 1.71. The highest BCUT2D eigenvalue weighted by Crippen LogP contribution is 2.19. The van der Waals surface area contributed by atoms with Crippen molar-refractivity contribution in [2.24, 2.45) is 0 Å². The van der Waals surface area contributed by atoms with E-state index >= 15 is 0 Å². The van der Waals surface area contributed by atoms with E-state index in [2.05, 4.69) is 35.6 Å². The maximum absolute atomic E-state index is 11.5. The first-order valence-electron chi connectivity index (χ1n) is 8.03. The van der Waals surface area contributed by atoms with Crippen molar-refractivity contribution in [1.29, 1.82) is 0 Å². The first-order chi connectivity index (χ1) is 11.3. The number of hydrogen-bond acceptors (Lipinski definition) is 5. The van der Waals surface area contributed by atoms with Crippen LogP contribution in [0.2, 0.25) is 0 Å². The van der Waals surface area contributed by atoms with Crippen LogP contribution in [-0.4, -0.2) is 37.0 Å². The topological polar surface area (TPSA) is 53.8 Å². The molecule has 0 aliphatic rings. The normalized spacial score (nSPS) is 13.8. The highest BCUT2D eigenvalue weighted by Gasteiger charge is 2.17. The number of rotatable bonds is 9. The van der Waals surface area contributed by atoms with Gasteiger partial charge in [-0.05, 0) is 47.9 Å². The number of hydrogen-bond donors (Lipinski definition) is 0. The molecule has 0 saturated carbocycles. The van der Waals surface area contributed by atoms with Crippen LogP contribution in [0, 0.1) is 0 Å². The molecule has 0 radical (unpaired) electrons. The van der Waals surface area contributed by atoms with Gasteiger partial charge in [-0.15, -0.1) is 0 Å². The van der Waals surface area contributed by atoms with Gasteiger partial charge in [0.05, 0.1) is 19.3 Å². The Hall–Kier alpha value is -1.15. The molecule has 0 saturated heterocycles. The van der Waals surface area contributed by atoms with E-state index in [0.29, 0.717) is 18.3 Å². The summed E-state index contributed by atoms with van der Waals surface area (Å²) in [6.45, 7) is 6.26. The molecule has 2 heterocycles. The van der Waals surface area contributed by atoms with Crippen molar-refractivity contribution in [3.05, 3.63) is 46.0 Å². The van der Waals surface area contributed by atoms with Gasteiger partial charge in [-0.2, -0.15) is 15.6 Å². The molecule has 0 bridgehead atoms. The van der Waals surface area contributed by atoms with Crippen LogP contribution in [0.3, 0.4) is 0 Å². The van der Waals surface area contributed by atoms with E-state index in [4.69, 9.17) is 4.42 Å². The minimum atomic E-state index is -3.20. The Kier molecular flexibility index (Phi) is 6.62. The minimum Gasteiger partial charge on any atom is -0.463 e. The van der Waals surface area contributed by atoms with Crippen molar-refractivity contribution in [3.8, 4) is 0 Å². The molecular weight excluding hydrogens is 344 g/mol. The fourth-order valence-electron chi connectivity index (χ4n) is 2.37. The second-order valence-corrected chi connectivity index (χ2v) is 9.05. The van der Waals surface area contributed by atoms with E-state index in [1.54, 1.807) is 18.4 Å². The molecule has 2 aromatic rings. The average molecular weight is 371 g/mol. The number of furan rings is 1. The lowest BCUT2D eigenvalue weighted by Gasteiger charge is -2.27. The van der Waals surface area contributed by atoms with Gasteiger partial charge in [-0.3, -0.25) is 4.90 Å². The van der Waals surface area contributed by atoms with E-state index in [-0.39, 0.29) is 6.54 Å². The highest BCUT2D eigenvalue weighted by atomic mass is 32.2. The third kappa shape index (κ3) is 5.44. The molecule has 0 N–H and O–H groups in total. The number of sulfonamides is 1. The third-order valence-corrected chi connectivity index (χ3v) is 6.19. The van der Waals surface area contributed by atoms with Gasteiger partial charge in [0.25, 0.3) is 0 Å². The van der Waals surface area contributed by atoms with Crippen LogP contribution in [0.5, 0.6) is 0 Å². The molecule has 24 heavy (non-hydrogen) atoms. The van der Waals surface area contributed by atoms with Crippen LogP contribution in [0.4, 0.5) is 0 Å². The maximum atomic E-state index is 11.5. The molecule has 0 fully saturated rings. The highest BCUT2D eigenvalue weighted by molar-refractivity contribution is 7.88. The zero-order valence-corrected chi connectivity index (χ0v) is 16.4. The van der Waals surface area contributed by atoms with E-state index in [1.165, 1.54) is 16.1 Å². The van der Waals surface area contributed by atoms with Gasteiger partial charge in [-0.25, -0.2) is 8.42 Å². The van der Waals surface area contributed by atoms with Crippen LogP contribution in [-0.2, 0) is 29.7 Å². The maximum Gasteiger partial charge on any atom is 0.211 e. The largest absolute Gasteiger partial charge is 0.463 e. The Bertz CT molecular complexity index is 723. The van der Waals surface area contributed by atoms with Gasteiger partial charge in [-0.1, -0.05) is 6.92 Å². The van der Waals surface area contributed by atoms with Crippen LogP contribution < -0.4 is 0 Å². The number of nitrogens with zero attached hydrogens (tertiary/aromatic N) is 2. The SMILES string of the molecule is CC[C@H](C)N(Cc1ccsc1)Cc1ccc(CN(C)S(C)(=O)=O)o1. The molecule has 0 amide bonds. The molecule has 0 spiro atoms. The van der Waals surface area contributed by atoms with Crippen LogP contribution >= 0.6 is 11.3 Å². The van der Waals surface area contributed by atoms with Gasteiger partial charge >= 0.3 is 0 Å². The van der Waals surface area contributed by atoms with E-state index in [9.17, 15) is 8.42 Å². The van der Waals surface area contributed by atoms with Crippen molar-refractivity contribution < 1.29 is 12.8 Å². The Balaban J connectivity index is 2.04. The summed E-state index contributed by atoms with van der Waals surface area (Å²) in [6, 6.07) is 6.39. The number of thiophene rings is 1. The van der Waals surface area contributed by atoms with Gasteiger partial charge in [0, 0.05) is 19.6 Å². The van der Waals surface area contributed by atoms with Crippen molar-refractivity contribution in [2.45, 2.75) is 45.9 Å². The van der Waals surface area contributed by atoms with Crippen LogP contribution in [0.25, 0.3) is 0 Å². The molecule has 2 rings (SSSR count). The van der Waals surface area contributed by atoms with Crippen LogP contribution in [0.15, 0.2) is 33.4 Å². The average Bonchev–Trinajstić information content (AvgIpc) is 3.17. The predicted octanol–water partition coefficient (Wildman–Crippen LogP) is 3.53. The second kappa shape index (κ2) is 8.29. The minimum absolute atomic E-state index is 0.257. The van der Waals surface area contributed by atoms with Gasteiger partial charge in [0.2, 0.25) is 10.0 Å². The van der Waals surface area contributed by atoms with E-state index < -0.39 is 10.0 Å². The summed E-state index contributed by atoms with van der Waals surface area (Å²) in [5, 5.41) is 4.26. The molecule has 0 aliphatic carbocycles. The summed E-state index contributed by atoms with van der Waals surface area (Å²) < 4.78 is 30.1. The van der Waals surface area contributed by atoms with Gasteiger partial charge < -0.3 is 4.42 Å². The van der Waals surface area contributed by atoms with Gasteiger partial charge in [0.1, 0.15) is 11.5 Å². The lowest BCUT2D eigenvalue weighted by atomic mass is 10.2. The third-order valence-electron chi connectivity index (χ3n) is 4.20. The Labute approximate surface area is 148 Å². The zero-order chi connectivity index (χ0) is 17.7. The summed E-state index contributed by atoms with van der Waals surface area (Å²) in [5.74, 6) is 1.53. The first-order valence-corrected chi connectivity index (χ1v) is 10.8. The quantitative estimate of drug-likeness (QED) is 0.677. The van der Waals surface area contributed by atoms with E-state index in [0.717, 1.165) is 18.7 Å². The van der Waals surface area contributed by atoms with Crippen molar-refractivity contribution in [3.63, 3.8) is 0 Å². The second-order valence-electron chi connectivity index (χ2n) is 6.18. The standard InChI is InChI=1S/C17H26N2O3S2/c1-5-14(2)19(10-15-8-9-23-13-15)12-17-7-6-16(22-17)11-18(3)24(4,20)21/h6-9,13-14H,5,10-12H2,1-4H3/t14-/m0/s1. The predicted molar refractivity (Wildman–Crippen MR) is 98.3 cm³/mol. The fourth-order valence-corrected chi connectivity index (χ4v) is 3.39. The smallest absolute Gasteiger partial charge is 0.211 e. The molecule has 0 unspecified atom stereocenters. The lowest BCUT2D eigenvalue weighted by molar-refractivity contribution is 0.170. The summed E-state index contributed by atoms with van der Waals surface area (Å²) in [7, 11) is -1.65. The molecular formula is C17H26N2O3S2. The Morgan fingerprint density at radius 2 is 1.83 bits per heavy atom.